The Balaban J connectivity index is 1.75. The van der Waals surface area contributed by atoms with Gasteiger partial charge in [-0.25, -0.2) is 9.69 Å². The average Bonchev–Trinajstić information content (AvgIpc) is 3.29. The number of ketones is 1. The summed E-state index contributed by atoms with van der Waals surface area (Å²) in [7, 11) is 0. The van der Waals surface area contributed by atoms with Crippen molar-refractivity contribution < 1.29 is 19.1 Å². The van der Waals surface area contributed by atoms with Crippen molar-refractivity contribution >= 4 is 17.8 Å². The lowest BCUT2D eigenvalue weighted by molar-refractivity contribution is -0.139. The van der Waals surface area contributed by atoms with Crippen LogP contribution in [0.5, 0.6) is 0 Å². The molecule has 29 heavy (non-hydrogen) atoms. The second-order valence-electron chi connectivity index (χ2n) is 8.20. The van der Waals surface area contributed by atoms with Crippen molar-refractivity contribution in [1.82, 2.24) is 4.90 Å². The molecule has 2 fully saturated rings. The molecule has 1 aliphatic heterocycles. The monoisotopic (exact) mass is 391 g/mol. The minimum atomic E-state index is -0.880. The zero-order valence-electron chi connectivity index (χ0n) is 16.7. The predicted molar refractivity (Wildman–Crippen MR) is 108 cm³/mol. The summed E-state index contributed by atoms with van der Waals surface area (Å²) in [4.78, 5) is 40.2. The molecule has 4 rings (SSSR count). The second-order valence-corrected chi connectivity index (χ2v) is 8.20. The molecule has 2 aromatic rings. The van der Waals surface area contributed by atoms with Crippen LogP contribution in [0.1, 0.15) is 43.2 Å². The van der Waals surface area contributed by atoms with Crippen molar-refractivity contribution in [3.05, 3.63) is 71.8 Å². The maximum absolute atomic E-state index is 13.5. The van der Waals surface area contributed by atoms with E-state index < -0.39 is 17.9 Å². The van der Waals surface area contributed by atoms with Crippen LogP contribution in [-0.2, 0) is 14.3 Å². The molecule has 1 aliphatic carbocycles. The first-order valence-corrected chi connectivity index (χ1v) is 10.1. The van der Waals surface area contributed by atoms with Crippen LogP contribution in [0.15, 0.2) is 60.7 Å². The molecule has 1 saturated carbocycles. The number of cyclic esters (lactones) is 1. The molecule has 0 radical (unpaired) electrons. The average molecular weight is 391 g/mol. The Bertz CT molecular complexity index is 909. The number of carbonyl (C=O) groups excluding carboxylic acids is 3. The lowest BCUT2D eigenvalue weighted by Crippen LogP contribution is -2.47. The smallest absolute Gasteiger partial charge is 0.417 e. The summed E-state index contributed by atoms with van der Waals surface area (Å²) in [5.41, 5.74) is 1.98. The molecule has 5 heteroatoms. The highest BCUT2D eigenvalue weighted by molar-refractivity contribution is 6.09. The van der Waals surface area contributed by atoms with Gasteiger partial charge in [0.1, 0.15) is 18.3 Å². The molecule has 2 amide bonds. The van der Waals surface area contributed by atoms with E-state index >= 15 is 0 Å². The first kappa shape index (κ1) is 19.4. The van der Waals surface area contributed by atoms with Crippen LogP contribution in [0.4, 0.5) is 4.79 Å². The summed E-state index contributed by atoms with van der Waals surface area (Å²) in [6.07, 6.45) is -0.355. The van der Waals surface area contributed by atoms with Gasteiger partial charge in [-0.3, -0.25) is 9.59 Å². The first-order valence-electron chi connectivity index (χ1n) is 10.1. The largest absolute Gasteiger partial charge is 0.447 e. The van der Waals surface area contributed by atoms with E-state index in [0.29, 0.717) is 0 Å². The van der Waals surface area contributed by atoms with Crippen LogP contribution >= 0.6 is 0 Å². The van der Waals surface area contributed by atoms with Gasteiger partial charge < -0.3 is 4.74 Å². The summed E-state index contributed by atoms with van der Waals surface area (Å²) in [6, 6.07) is 19.2. The number of carbonyl (C=O) groups is 3. The maximum Gasteiger partial charge on any atom is 0.417 e. The molecule has 0 unspecified atom stereocenters. The van der Waals surface area contributed by atoms with Crippen molar-refractivity contribution in [3.8, 4) is 0 Å². The molecule has 2 aromatic carbocycles. The lowest BCUT2D eigenvalue weighted by Gasteiger charge is -2.29. The van der Waals surface area contributed by atoms with Crippen LogP contribution in [0.2, 0.25) is 0 Å². The Labute approximate surface area is 170 Å². The van der Waals surface area contributed by atoms with Crippen LogP contribution in [0, 0.1) is 11.8 Å². The number of rotatable bonds is 4. The maximum atomic E-state index is 13.5. The van der Waals surface area contributed by atoms with E-state index in [1.807, 2.05) is 74.5 Å². The van der Waals surface area contributed by atoms with Gasteiger partial charge >= 0.3 is 6.09 Å². The topological polar surface area (TPSA) is 63.7 Å². The Kier molecular flexibility index (Phi) is 5.22. The third-order valence-corrected chi connectivity index (χ3v) is 6.15. The van der Waals surface area contributed by atoms with E-state index in [-0.39, 0.29) is 42.6 Å². The highest BCUT2D eigenvalue weighted by Crippen LogP contribution is 2.49. The summed E-state index contributed by atoms with van der Waals surface area (Å²) in [5.74, 6) is -1.77. The van der Waals surface area contributed by atoms with Crippen molar-refractivity contribution in [1.29, 1.82) is 0 Å². The number of imide groups is 1. The van der Waals surface area contributed by atoms with E-state index in [0.717, 1.165) is 11.1 Å². The predicted octanol–water partition coefficient (Wildman–Crippen LogP) is 4.15. The zero-order valence-corrected chi connectivity index (χ0v) is 16.7. The summed E-state index contributed by atoms with van der Waals surface area (Å²) in [6.45, 7) is 4.08. The van der Waals surface area contributed by atoms with Crippen LogP contribution in [0.25, 0.3) is 0 Å². The normalized spacial score (nSPS) is 26.8. The summed E-state index contributed by atoms with van der Waals surface area (Å²) >= 11 is 0. The van der Waals surface area contributed by atoms with Gasteiger partial charge in [0.15, 0.2) is 0 Å². The molecule has 0 N–H and O–H groups in total. The van der Waals surface area contributed by atoms with Crippen LogP contribution < -0.4 is 0 Å². The van der Waals surface area contributed by atoms with Gasteiger partial charge in [-0.1, -0.05) is 74.5 Å². The van der Waals surface area contributed by atoms with Gasteiger partial charge in [-0.15, -0.1) is 0 Å². The molecule has 0 aromatic heterocycles. The highest BCUT2D eigenvalue weighted by atomic mass is 16.6. The number of hydrogen-bond donors (Lipinski definition) is 0. The van der Waals surface area contributed by atoms with Gasteiger partial charge in [-0.05, 0) is 23.0 Å². The van der Waals surface area contributed by atoms with Gasteiger partial charge in [0.25, 0.3) is 0 Å². The molecule has 2 aliphatic rings. The Hall–Kier alpha value is -2.95. The molecule has 0 bridgehead atoms. The fraction of sp³-hybridized carbons (Fsp3) is 0.375. The molecule has 1 saturated heterocycles. The van der Waals surface area contributed by atoms with Crippen LogP contribution in [0.3, 0.4) is 0 Å². The van der Waals surface area contributed by atoms with Gasteiger partial charge in [0.05, 0.1) is 6.04 Å². The summed E-state index contributed by atoms with van der Waals surface area (Å²) in [5, 5.41) is 0. The summed E-state index contributed by atoms with van der Waals surface area (Å²) < 4.78 is 5.16. The SMILES string of the molecule is CC(C)[C@H]1COC(=O)N1C(=O)[C@H]1C(=O)C[C@@H](c2ccccc2)[C@@H]1c1ccccc1. The third-order valence-electron chi connectivity index (χ3n) is 6.15. The minimum absolute atomic E-state index is 0.0574. The first-order chi connectivity index (χ1) is 14.0. The van der Waals surface area contributed by atoms with Crippen molar-refractivity contribution in [3.63, 3.8) is 0 Å². The fourth-order valence-corrected chi connectivity index (χ4v) is 4.65. The number of benzene rings is 2. The Morgan fingerprint density at radius 3 is 2.14 bits per heavy atom. The van der Waals surface area contributed by atoms with Gasteiger partial charge in [0.2, 0.25) is 5.91 Å². The molecule has 150 valence electrons. The lowest BCUT2D eigenvalue weighted by atomic mass is 9.79. The van der Waals surface area contributed by atoms with Crippen molar-refractivity contribution in [2.24, 2.45) is 11.8 Å². The van der Waals surface area contributed by atoms with E-state index in [4.69, 9.17) is 4.74 Å². The minimum Gasteiger partial charge on any atom is -0.447 e. The van der Waals surface area contributed by atoms with E-state index in [1.165, 1.54) is 4.90 Å². The third kappa shape index (κ3) is 3.46. The van der Waals surface area contributed by atoms with Crippen molar-refractivity contribution in [2.45, 2.75) is 38.1 Å². The zero-order chi connectivity index (χ0) is 20.5. The highest BCUT2D eigenvalue weighted by Gasteiger charge is 2.52. The van der Waals surface area contributed by atoms with E-state index in [9.17, 15) is 14.4 Å². The Morgan fingerprint density at radius 2 is 1.55 bits per heavy atom. The number of ether oxygens (including phenoxy) is 1. The molecular formula is C24H25NO4. The van der Waals surface area contributed by atoms with Crippen molar-refractivity contribution in [2.75, 3.05) is 6.61 Å². The molecule has 1 heterocycles. The molecular weight excluding hydrogens is 366 g/mol. The molecule has 0 spiro atoms. The second kappa shape index (κ2) is 7.82. The van der Waals surface area contributed by atoms with Crippen LogP contribution in [-0.4, -0.2) is 35.3 Å². The van der Waals surface area contributed by atoms with E-state index in [2.05, 4.69) is 0 Å². The van der Waals surface area contributed by atoms with Gasteiger partial charge in [0, 0.05) is 12.3 Å². The quantitative estimate of drug-likeness (QED) is 0.735. The number of nitrogens with zero attached hydrogens (tertiary/aromatic N) is 1. The standard InChI is InChI=1S/C24H25NO4/c1-15(2)19-14-29-24(28)25(19)23(27)22-20(26)13-18(16-9-5-3-6-10-16)21(22)17-11-7-4-8-12-17/h3-12,15,18-19,21-22H,13-14H2,1-2H3/t18-,19+,21-,22-/m0/s1. The fourth-order valence-electron chi connectivity index (χ4n) is 4.65. The number of hydrogen-bond acceptors (Lipinski definition) is 4. The van der Waals surface area contributed by atoms with Gasteiger partial charge in [-0.2, -0.15) is 0 Å². The molecule has 5 nitrogen and oxygen atoms in total. The number of amides is 2. The molecule has 4 atom stereocenters. The number of Topliss-reactive ketones (excluding diaryl/α,β-unsaturated/α-hetero) is 1. The van der Waals surface area contributed by atoms with E-state index in [1.54, 1.807) is 0 Å². The Morgan fingerprint density at radius 1 is 0.966 bits per heavy atom.